The zero-order valence-electron chi connectivity index (χ0n) is 17.0. The fourth-order valence-corrected chi connectivity index (χ4v) is 6.12. The molecule has 1 aliphatic heterocycles. The first-order chi connectivity index (χ1) is 14.9. The summed E-state index contributed by atoms with van der Waals surface area (Å²) in [6.45, 7) is 0.315. The van der Waals surface area contributed by atoms with Gasteiger partial charge < -0.3 is 4.90 Å². The molecule has 0 bridgehead atoms. The van der Waals surface area contributed by atoms with Gasteiger partial charge in [0.2, 0.25) is 5.91 Å². The molecule has 6 heteroatoms. The SMILES string of the molecule is O=C(C(c1ccccc1)c1ccccc1)N(Cc1cccc(Cl)c1)C1CCS(=O)(=O)C1. The molecule has 1 saturated heterocycles. The predicted molar refractivity (Wildman–Crippen MR) is 124 cm³/mol. The molecular weight excluding hydrogens is 430 g/mol. The summed E-state index contributed by atoms with van der Waals surface area (Å²) in [6.07, 6.45) is 0.449. The second kappa shape index (κ2) is 9.25. The van der Waals surface area contributed by atoms with E-state index in [1.165, 1.54) is 0 Å². The Labute approximate surface area is 188 Å². The van der Waals surface area contributed by atoms with E-state index < -0.39 is 15.8 Å². The third-order valence-electron chi connectivity index (χ3n) is 5.69. The number of sulfone groups is 1. The number of carbonyl (C=O) groups is 1. The maximum absolute atomic E-state index is 14.0. The van der Waals surface area contributed by atoms with Crippen molar-refractivity contribution in [1.29, 1.82) is 0 Å². The summed E-state index contributed by atoms with van der Waals surface area (Å²) in [7, 11) is -3.15. The minimum absolute atomic E-state index is 0.00436. The number of amides is 1. The van der Waals surface area contributed by atoms with Gasteiger partial charge in [0.25, 0.3) is 0 Å². The van der Waals surface area contributed by atoms with Gasteiger partial charge in [0.15, 0.2) is 9.84 Å². The molecule has 1 unspecified atom stereocenters. The maximum atomic E-state index is 14.0. The van der Waals surface area contributed by atoms with Crippen molar-refractivity contribution in [3.8, 4) is 0 Å². The van der Waals surface area contributed by atoms with E-state index in [0.29, 0.717) is 18.0 Å². The second-order valence-electron chi connectivity index (χ2n) is 7.91. The molecule has 0 aromatic heterocycles. The molecule has 1 aliphatic rings. The number of halogens is 1. The van der Waals surface area contributed by atoms with E-state index >= 15 is 0 Å². The lowest BCUT2D eigenvalue weighted by Gasteiger charge is -2.32. The Kier molecular flexibility index (Phi) is 6.44. The van der Waals surface area contributed by atoms with Crippen molar-refractivity contribution < 1.29 is 13.2 Å². The monoisotopic (exact) mass is 453 g/mol. The molecule has 3 aromatic carbocycles. The molecule has 160 valence electrons. The van der Waals surface area contributed by atoms with Gasteiger partial charge in [0, 0.05) is 17.6 Å². The average Bonchev–Trinajstić information content (AvgIpc) is 3.13. The molecule has 0 spiro atoms. The highest BCUT2D eigenvalue weighted by Gasteiger charge is 2.38. The van der Waals surface area contributed by atoms with Crippen LogP contribution < -0.4 is 0 Å². The number of hydrogen-bond donors (Lipinski definition) is 0. The Morgan fingerprint density at radius 2 is 1.55 bits per heavy atom. The fourth-order valence-electron chi connectivity index (χ4n) is 4.17. The highest BCUT2D eigenvalue weighted by atomic mass is 35.5. The van der Waals surface area contributed by atoms with Gasteiger partial charge in [-0.2, -0.15) is 0 Å². The summed E-state index contributed by atoms with van der Waals surface area (Å²) < 4.78 is 24.5. The highest BCUT2D eigenvalue weighted by molar-refractivity contribution is 7.91. The van der Waals surface area contributed by atoms with Gasteiger partial charge >= 0.3 is 0 Å². The average molecular weight is 454 g/mol. The number of benzene rings is 3. The van der Waals surface area contributed by atoms with Gasteiger partial charge in [0.05, 0.1) is 17.4 Å². The first-order valence-electron chi connectivity index (χ1n) is 10.3. The Hall–Kier alpha value is -2.63. The van der Waals surface area contributed by atoms with Crippen LogP contribution in [0.4, 0.5) is 0 Å². The van der Waals surface area contributed by atoms with Crippen LogP contribution in [0.1, 0.15) is 29.0 Å². The van der Waals surface area contributed by atoms with E-state index in [-0.39, 0.29) is 23.5 Å². The Bertz CT molecular complexity index is 1110. The minimum Gasteiger partial charge on any atom is -0.334 e. The van der Waals surface area contributed by atoms with Gasteiger partial charge in [-0.1, -0.05) is 84.4 Å². The summed E-state index contributed by atoms with van der Waals surface area (Å²) in [6, 6.07) is 26.3. The zero-order chi connectivity index (χ0) is 21.8. The van der Waals surface area contributed by atoms with Gasteiger partial charge in [0.1, 0.15) is 0 Å². The van der Waals surface area contributed by atoms with Crippen molar-refractivity contribution >= 4 is 27.3 Å². The van der Waals surface area contributed by atoms with Crippen molar-refractivity contribution in [2.75, 3.05) is 11.5 Å². The van der Waals surface area contributed by atoms with Gasteiger partial charge in [-0.15, -0.1) is 0 Å². The van der Waals surface area contributed by atoms with Crippen molar-refractivity contribution in [3.63, 3.8) is 0 Å². The van der Waals surface area contributed by atoms with Crippen LogP contribution in [0.3, 0.4) is 0 Å². The summed E-state index contributed by atoms with van der Waals surface area (Å²) in [5.74, 6) is -0.502. The molecule has 3 aromatic rings. The molecular formula is C25H24ClNO3S. The third-order valence-corrected chi connectivity index (χ3v) is 7.67. The Balaban J connectivity index is 1.75. The lowest BCUT2D eigenvalue weighted by Crippen LogP contribution is -2.43. The minimum atomic E-state index is -3.15. The largest absolute Gasteiger partial charge is 0.334 e. The molecule has 1 fully saturated rings. The van der Waals surface area contributed by atoms with Crippen LogP contribution in [0.15, 0.2) is 84.9 Å². The van der Waals surface area contributed by atoms with Crippen molar-refractivity contribution in [1.82, 2.24) is 4.90 Å². The van der Waals surface area contributed by atoms with E-state index in [1.54, 1.807) is 11.0 Å². The van der Waals surface area contributed by atoms with Gasteiger partial charge in [-0.25, -0.2) is 8.42 Å². The molecule has 0 aliphatic carbocycles. The summed E-state index contributed by atoms with van der Waals surface area (Å²) in [4.78, 5) is 15.8. The quantitative estimate of drug-likeness (QED) is 0.544. The highest BCUT2D eigenvalue weighted by Crippen LogP contribution is 2.31. The van der Waals surface area contributed by atoms with E-state index in [0.717, 1.165) is 16.7 Å². The third kappa shape index (κ3) is 5.17. The van der Waals surface area contributed by atoms with Crippen LogP contribution in [0.5, 0.6) is 0 Å². The lowest BCUT2D eigenvalue weighted by molar-refractivity contribution is -0.134. The summed E-state index contributed by atoms with van der Waals surface area (Å²) in [5, 5.41) is 0.589. The molecule has 1 amide bonds. The molecule has 31 heavy (non-hydrogen) atoms. The summed E-state index contributed by atoms with van der Waals surface area (Å²) >= 11 is 6.17. The van der Waals surface area contributed by atoms with Crippen LogP contribution in [0.2, 0.25) is 5.02 Å². The fraction of sp³-hybridized carbons (Fsp3) is 0.240. The molecule has 4 rings (SSSR count). The Morgan fingerprint density at radius 3 is 2.06 bits per heavy atom. The first kappa shape index (κ1) is 21.6. The van der Waals surface area contributed by atoms with E-state index in [4.69, 9.17) is 11.6 Å². The van der Waals surface area contributed by atoms with Gasteiger partial charge in [-0.3, -0.25) is 4.79 Å². The second-order valence-corrected chi connectivity index (χ2v) is 10.6. The maximum Gasteiger partial charge on any atom is 0.235 e. The molecule has 0 saturated carbocycles. The smallest absolute Gasteiger partial charge is 0.235 e. The lowest BCUT2D eigenvalue weighted by atomic mass is 9.89. The van der Waals surface area contributed by atoms with Crippen LogP contribution in [0, 0.1) is 0 Å². The van der Waals surface area contributed by atoms with E-state index in [2.05, 4.69) is 0 Å². The molecule has 1 heterocycles. The first-order valence-corrected chi connectivity index (χ1v) is 12.5. The number of hydrogen-bond acceptors (Lipinski definition) is 3. The standard InChI is InChI=1S/C25H24ClNO3S/c26-22-13-7-8-19(16-22)17-27(23-14-15-31(29,30)18-23)25(28)24(20-9-3-1-4-10-20)21-11-5-2-6-12-21/h1-13,16,23-24H,14-15,17-18H2. The summed E-state index contributed by atoms with van der Waals surface area (Å²) in [5.41, 5.74) is 2.65. The number of rotatable bonds is 6. The van der Waals surface area contributed by atoms with Crippen molar-refractivity contribution in [2.24, 2.45) is 0 Å². The molecule has 0 N–H and O–H groups in total. The number of carbonyl (C=O) groups excluding carboxylic acids is 1. The van der Waals surface area contributed by atoms with Crippen molar-refractivity contribution in [2.45, 2.75) is 24.9 Å². The van der Waals surface area contributed by atoms with E-state index in [1.807, 2.05) is 78.9 Å². The van der Waals surface area contributed by atoms with Crippen molar-refractivity contribution in [3.05, 3.63) is 107 Å². The van der Waals surface area contributed by atoms with Crippen LogP contribution in [-0.4, -0.2) is 36.8 Å². The van der Waals surface area contributed by atoms with Gasteiger partial charge in [-0.05, 0) is 35.2 Å². The number of nitrogens with zero attached hydrogens (tertiary/aromatic N) is 1. The molecule has 0 radical (unpaired) electrons. The zero-order valence-corrected chi connectivity index (χ0v) is 18.6. The normalized spacial score (nSPS) is 17.5. The van der Waals surface area contributed by atoms with Crippen LogP contribution in [-0.2, 0) is 21.2 Å². The molecule has 1 atom stereocenters. The molecule has 4 nitrogen and oxygen atoms in total. The predicted octanol–water partition coefficient (Wildman–Crippen LogP) is 4.69. The van der Waals surface area contributed by atoms with Crippen LogP contribution in [0.25, 0.3) is 0 Å². The Morgan fingerprint density at radius 1 is 0.935 bits per heavy atom. The van der Waals surface area contributed by atoms with Crippen LogP contribution >= 0.6 is 11.6 Å². The topological polar surface area (TPSA) is 54.5 Å². The van der Waals surface area contributed by atoms with E-state index in [9.17, 15) is 13.2 Å².